The van der Waals surface area contributed by atoms with Crippen molar-refractivity contribution in [1.29, 1.82) is 0 Å². The molecule has 1 aliphatic rings. The number of rotatable bonds is 7. The summed E-state index contributed by atoms with van der Waals surface area (Å²) in [5.41, 5.74) is 0. The van der Waals surface area contributed by atoms with Gasteiger partial charge in [0.1, 0.15) is 0 Å². The molecule has 82 valence electrons. The van der Waals surface area contributed by atoms with Gasteiger partial charge in [0.25, 0.3) is 0 Å². The maximum absolute atomic E-state index is 11.1. The van der Waals surface area contributed by atoms with E-state index >= 15 is 0 Å². The fourth-order valence-corrected chi connectivity index (χ4v) is 1.54. The molecule has 0 aliphatic heterocycles. The quantitative estimate of drug-likeness (QED) is 0.501. The fourth-order valence-electron chi connectivity index (χ4n) is 1.54. The second kappa shape index (κ2) is 6.82. The van der Waals surface area contributed by atoms with E-state index in [4.69, 9.17) is 4.74 Å². The van der Waals surface area contributed by atoms with Crippen LogP contribution in [0.1, 0.15) is 39.0 Å². The molecule has 0 aromatic carbocycles. The average Bonchev–Trinajstić information content (AvgIpc) is 2.10. The molecule has 0 heterocycles. The van der Waals surface area contributed by atoms with Crippen LogP contribution in [0.15, 0.2) is 0 Å². The predicted octanol–water partition coefficient (Wildman–Crippen LogP) is 1.72. The lowest BCUT2D eigenvalue weighted by Crippen LogP contribution is -2.26. The molecule has 1 fully saturated rings. The second-order valence-corrected chi connectivity index (χ2v) is 3.98. The molecule has 1 aliphatic carbocycles. The van der Waals surface area contributed by atoms with Gasteiger partial charge in [-0.1, -0.05) is 26.2 Å². The van der Waals surface area contributed by atoms with E-state index in [0.29, 0.717) is 13.2 Å². The Morgan fingerprint density at radius 1 is 1.50 bits per heavy atom. The van der Waals surface area contributed by atoms with Crippen molar-refractivity contribution in [3.05, 3.63) is 0 Å². The van der Waals surface area contributed by atoms with Crippen LogP contribution in [0, 0.1) is 5.92 Å². The molecule has 3 heteroatoms. The van der Waals surface area contributed by atoms with Gasteiger partial charge in [0, 0.05) is 0 Å². The lowest BCUT2D eigenvalue weighted by molar-refractivity contribution is -0.143. The Balaban J connectivity index is 1.86. The average molecular weight is 199 g/mol. The molecule has 0 aromatic heterocycles. The van der Waals surface area contributed by atoms with Gasteiger partial charge >= 0.3 is 5.97 Å². The summed E-state index contributed by atoms with van der Waals surface area (Å²) >= 11 is 0. The van der Waals surface area contributed by atoms with Crippen LogP contribution in [-0.4, -0.2) is 25.7 Å². The first-order valence-electron chi connectivity index (χ1n) is 5.69. The highest BCUT2D eigenvalue weighted by Crippen LogP contribution is 2.28. The van der Waals surface area contributed by atoms with Crippen molar-refractivity contribution in [1.82, 2.24) is 5.32 Å². The van der Waals surface area contributed by atoms with Crippen LogP contribution in [0.25, 0.3) is 0 Å². The minimum absolute atomic E-state index is 0.113. The highest BCUT2D eigenvalue weighted by molar-refractivity contribution is 5.71. The van der Waals surface area contributed by atoms with E-state index in [9.17, 15) is 4.79 Å². The van der Waals surface area contributed by atoms with Crippen molar-refractivity contribution < 1.29 is 9.53 Å². The van der Waals surface area contributed by atoms with Crippen molar-refractivity contribution in [2.24, 2.45) is 5.92 Å². The first-order chi connectivity index (χ1) is 6.83. The van der Waals surface area contributed by atoms with Gasteiger partial charge < -0.3 is 10.1 Å². The molecule has 0 spiro atoms. The number of carbonyl (C=O) groups excluding carboxylic acids is 1. The lowest BCUT2D eigenvalue weighted by atomic mass is 9.83. The Bertz CT molecular complexity index is 167. The highest BCUT2D eigenvalue weighted by atomic mass is 16.5. The molecule has 3 nitrogen and oxygen atoms in total. The van der Waals surface area contributed by atoms with Crippen LogP contribution >= 0.6 is 0 Å². The molecule has 1 rings (SSSR count). The summed E-state index contributed by atoms with van der Waals surface area (Å²) in [6, 6.07) is 0. The summed E-state index contributed by atoms with van der Waals surface area (Å²) < 4.78 is 5.09. The van der Waals surface area contributed by atoms with E-state index in [1.807, 2.05) is 0 Å². The summed E-state index contributed by atoms with van der Waals surface area (Å²) in [6.45, 7) is 3.93. The third-order valence-electron chi connectivity index (χ3n) is 2.71. The lowest BCUT2D eigenvalue weighted by Gasteiger charge is -2.24. The van der Waals surface area contributed by atoms with Gasteiger partial charge in [-0.25, -0.2) is 0 Å². The van der Waals surface area contributed by atoms with E-state index < -0.39 is 0 Å². The molecule has 1 saturated carbocycles. The Morgan fingerprint density at radius 3 is 2.86 bits per heavy atom. The van der Waals surface area contributed by atoms with Crippen molar-refractivity contribution in [2.75, 3.05) is 19.7 Å². The number of ether oxygens (including phenoxy) is 1. The normalized spacial score (nSPS) is 16.4. The molecule has 0 unspecified atom stereocenters. The van der Waals surface area contributed by atoms with Crippen LogP contribution in [0.5, 0.6) is 0 Å². The van der Waals surface area contributed by atoms with Gasteiger partial charge in [0.2, 0.25) is 0 Å². The summed E-state index contributed by atoms with van der Waals surface area (Å²) in [6.07, 6.45) is 6.11. The standard InChI is InChI=1S/C11H21NO2/c1-2-7-12-9-11(13)14-8-6-10-4-3-5-10/h10,12H,2-9H2,1H3. The van der Waals surface area contributed by atoms with Crippen LogP contribution in [0.4, 0.5) is 0 Å². The van der Waals surface area contributed by atoms with Crippen molar-refractivity contribution in [2.45, 2.75) is 39.0 Å². The topological polar surface area (TPSA) is 38.3 Å². The largest absolute Gasteiger partial charge is 0.465 e. The molecule has 1 N–H and O–H groups in total. The zero-order valence-corrected chi connectivity index (χ0v) is 9.05. The molecule has 0 radical (unpaired) electrons. The van der Waals surface area contributed by atoms with Crippen LogP contribution < -0.4 is 5.32 Å². The molecule has 0 amide bonds. The number of esters is 1. The maximum Gasteiger partial charge on any atom is 0.319 e. The van der Waals surface area contributed by atoms with E-state index in [1.54, 1.807) is 0 Å². The Kier molecular flexibility index (Phi) is 5.60. The van der Waals surface area contributed by atoms with Crippen molar-refractivity contribution in [3.63, 3.8) is 0 Å². The first kappa shape index (κ1) is 11.5. The summed E-state index contributed by atoms with van der Waals surface area (Å²) in [4.78, 5) is 11.1. The third kappa shape index (κ3) is 4.61. The number of hydrogen-bond acceptors (Lipinski definition) is 3. The van der Waals surface area contributed by atoms with E-state index in [0.717, 1.165) is 25.3 Å². The molecule has 14 heavy (non-hydrogen) atoms. The summed E-state index contributed by atoms with van der Waals surface area (Å²) in [5.74, 6) is 0.712. The van der Waals surface area contributed by atoms with Gasteiger partial charge in [-0.15, -0.1) is 0 Å². The smallest absolute Gasteiger partial charge is 0.319 e. The van der Waals surface area contributed by atoms with Crippen LogP contribution in [0.2, 0.25) is 0 Å². The fraction of sp³-hybridized carbons (Fsp3) is 0.909. The summed E-state index contributed by atoms with van der Waals surface area (Å²) in [7, 11) is 0. The van der Waals surface area contributed by atoms with Gasteiger partial charge in [-0.05, 0) is 25.3 Å². The molecule has 0 saturated heterocycles. The predicted molar refractivity (Wildman–Crippen MR) is 56.1 cm³/mol. The van der Waals surface area contributed by atoms with E-state index in [1.165, 1.54) is 19.3 Å². The first-order valence-corrected chi connectivity index (χ1v) is 5.69. The van der Waals surface area contributed by atoms with Crippen molar-refractivity contribution in [3.8, 4) is 0 Å². The second-order valence-electron chi connectivity index (χ2n) is 3.98. The van der Waals surface area contributed by atoms with Crippen LogP contribution in [-0.2, 0) is 9.53 Å². The maximum atomic E-state index is 11.1. The molecular weight excluding hydrogens is 178 g/mol. The molecule has 0 atom stereocenters. The molecule has 0 bridgehead atoms. The third-order valence-corrected chi connectivity index (χ3v) is 2.71. The highest BCUT2D eigenvalue weighted by Gasteiger charge is 2.17. The zero-order valence-electron chi connectivity index (χ0n) is 9.05. The monoisotopic (exact) mass is 199 g/mol. The Morgan fingerprint density at radius 2 is 2.29 bits per heavy atom. The minimum Gasteiger partial charge on any atom is -0.465 e. The number of hydrogen-bond donors (Lipinski definition) is 1. The Hall–Kier alpha value is -0.570. The van der Waals surface area contributed by atoms with Gasteiger partial charge in [-0.2, -0.15) is 0 Å². The SMILES string of the molecule is CCCNCC(=O)OCCC1CCC1. The van der Waals surface area contributed by atoms with Gasteiger partial charge in [-0.3, -0.25) is 4.79 Å². The molecular formula is C11H21NO2. The van der Waals surface area contributed by atoms with E-state index in [-0.39, 0.29) is 5.97 Å². The van der Waals surface area contributed by atoms with Gasteiger partial charge in [0.15, 0.2) is 0 Å². The number of carbonyl (C=O) groups is 1. The number of nitrogens with one attached hydrogen (secondary N) is 1. The Labute approximate surface area is 86.2 Å². The zero-order chi connectivity index (χ0) is 10.2. The van der Waals surface area contributed by atoms with Gasteiger partial charge in [0.05, 0.1) is 13.2 Å². The van der Waals surface area contributed by atoms with E-state index in [2.05, 4.69) is 12.2 Å². The molecule has 0 aromatic rings. The minimum atomic E-state index is -0.113. The van der Waals surface area contributed by atoms with Crippen molar-refractivity contribution >= 4 is 5.97 Å². The summed E-state index contributed by atoms with van der Waals surface area (Å²) in [5, 5.41) is 3.03. The van der Waals surface area contributed by atoms with Crippen LogP contribution in [0.3, 0.4) is 0 Å².